The molecule has 0 radical (unpaired) electrons. The first-order valence-corrected chi connectivity index (χ1v) is 8.28. The van der Waals surface area contributed by atoms with Gasteiger partial charge in [-0.1, -0.05) is 19.3 Å². The van der Waals surface area contributed by atoms with E-state index < -0.39 is 20.9 Å². The van der Waals surface area contributed by atoms with E-state index in [1.54, 1.807) is 0 Å². The number of pyridine rings is 1. The first-order chi connectivity index (χ1) is 9.49. The van der Waals surface area contributed by atoms with Crippen LogP contribution in [-0.2, 0) is 10.0 Å². The van der Waals surface area contributed by atoms with Crippen LogP contribution in [0.15, 0.2) is 23.4 Å². The van der Waals surface area contributed by atoms with Crippen LogP contribution in [0.25, 0.3) is 0 Å². The maximum atomic E-state index is 13.5. The van der Waals surface area contributed by atoms with E-state index in [1.807, 2.05) is 0 Å². The van der Waals surface area contributed by atoms with Gasteiger partial charge < -0.3 is 5.73 Å². The van der Waals surface area contributed by atoms with Gasteiger partial charge in [-0.3, -0.25) is 0 Å². The normalized spacial score (nSPS) is 18.9. The highest BCUT2D eigenvalue weighted by molar-refractivity contribution is 7.89. The molecule has 0 unspecified atom stereocenters. The smallest absolute Gasteiger partial charge is 0.261 e. The highest BCUT2D eigenvalue weighted by atomic mass is 32.2. The van der Waals surface area contributed by atoms with E-state index in [-0.39, 0.29) is 12.0 Å². The lowest BCUT2D eigenvalue weighted by molar-refractivity contribution is 0.202. The molecule has 1 fully saturated rings. The number of rotatable bonds is 5. The Kier molecular flexibility index (Phi) is 4.72. The molecule has 2 rings (SSSR count). The van der Waals surface area contributed by atoms with Gasteiger partial charge in [-0.2, -0.15) is 0 Å². The topological polar surface area (TPSA) is 85.1 Å². The predicted octanol–water partition coefficient (Wildman–Crippen LogP) is 1.41. The number of halogens is 1. The minimum Gasteiger partial charge on any atom is -0.330 e. The van der Waals surface area contributed by atoms with E-state index in [2.05, 4.69) is 9.71 Å². The molecule has 7 heteroatoms. The zero-order valence-corrected chi connectivity index (χ0v) is 12.1. The highest BCUT2D eigenvalue weighted by Crippen LogP contribution is 2.35. The van der Waals surface area contributed by atoms with E-state index >= 15 is 0 Å². The molecule has 0 aromatic carbocycles. The average molecular weight is 301 g/mol. The summed E-state index contributed by atoms with van der Waals surface area (Å²) in [6.07, 6.45) is 6.32. The molecule has 1 heterocycles. The van der Waals surface area contributed by atoms with E-state index in [1.165, 1.54) is 12.3 Å². The van der Waals surface area contributed by atoms with E-state index in [4.69, 9.17) is 5.73 Å². The third kappa shape index (κ3) is 3.34. The Morgan fingerprint density at radius 3 is 2.65 bits per heavy atom. The van der Waals surface area contributed by atoms with E-state index in [0.717, 1.165) is 38.2 Å². The van der Waals surface area contributed by atoms with Crippen molar-refractivity contribution in [3.63, 3.8) is 0 Å². The van der Waals surface area contributed by atoms with Crippen molar-refractivity contribution in [2.75, 3.05) is 13.1 Å². The Morgan fingerprint density at radius 2 is 2.05 bits per heavy atom. The summed E-state index contributed by atoms with van der Waals surface area (Å²) in [5.74, 6) is -0.842. The van der Waals surface area contributed by atoms with Gasteiger partial charge >= 0.3 is 0 Å². The van der Waals surface area contributed by atoms with Crippen LogP contribution >= 0.6 is 0 Å². The number of nitrogens with one attached hydrogen (secondary N) is 1. The van der Waals surface area contributed by atoms with E-state index in [0.29, 0.717) is 6.54 Å². The van der Waals surface area contributed by atoms with Crippen LogP contribution in [0, 0.1) is 11.2 Å². The van der Waals surface area contributed by atoms with Crippen molar-refractivity contribution in [1.29, 1.82) is 0 Å². The quantitative estimate of drug-likeness (QED) is 0.861. The molecule has 20 heavy (non-hydrogen) atoms. The van der Waals surface area contributed by atoms with Crippen LogP contribution < -0.4 is 10.5 Å². The minimum atomic E-state index is -3.93. The van der Waals surface area contributed by atoms with Gasteiger partial charge in [0.15, 0.2) is 5.82 Å². The van der Waals surface area contributed by atoms with Gasteiger partial charge in [0.2, 0.25) is 5.03 Å². The van der Waals surface area contributed by atoms with Gasteiger partial charge in [-0.15, -0.1) is 0 Å². The molecule has 1 saturated carbocycles. The first kappa shape index (κ1) is 15.3. The molecule has 3 N–H and O–H groups in total. The average Bonchev–Trinajstić information content (AvgIpc) is 2.47. The van der Waals surface area contributed by atoms with Crippen molar-refractivity contribution in [3.8, 4) is 0 Å². The lowest BCUT2D eigenvalue weighted by atomic mass is 9.74. The summed E-state index contributed by atoms with van der Waals surface area (Å²) < 4.78 is 40.2. The van der Waals surface area contributed by atoms with Crippen molar-refractivity contribution < 1.29 is 12.8 Å². The number of nitrogens with zero attached hydrogens (tertiary/aromatic N) is 1. The Labute approximate surface area is 118 Å². The largest absolute Gasteiger partial charge is 0.330 e. The van der Waals surface area contributed by atoms with Crippen LogP contribution in [0.5, 0.6) is 0 Å². The molecular formula is C13H20FN3O2S. The molecule has 0 bridgehead atoms. The number of aromatic nitrogens is 1. The molecule has 0 amide bonds. The number of hydrogen-bond acceptors (Lipinski definition) is 4. The molecular weight excluding hydrogens is 281 g/mol. The second kappa shape index (κ2) is 6.15. The van der Waals surface area contributed by atoms with E-state index in [9.17, 15) is 12.8 Å². The fourth-order valence-corrected chi connectivity index (χ4v) is 3.80. The monoisotopic (exact) mass is 301 g/mol. The fraction of sp³-hybridized carbons (Fsp3) is 0.615. The Bertz CT molecular complexity index is 556. The third-order valence-corrected chi connectivity index (χ3v) is 5.30. The summed E-state index contributed by atoms with van der Waals surface area (Å²) in [4.78, 5) is 3.61. The van der Waals surface area contributed by atoms with Gasteiger partial charge in [-0.25, -0.2) is 22.5 Å². The molecule has 0 aliphatic heterocycles. The van der Waals surface area contributed by atoms with Crippen LogP contribution in [0.3, 0.4) is 0 Å². The number of hydrogen-bond donors (Lipinski definition) is 2. The van der Waals surface area contributed by atoms with Gasteiger partial charge in [-0.05, 0) is 36.9 Å². The van der Waals surface area contributed by atoms with Crippen molar-refractivity contribution in [1.82, 2.24) is 9.71 Å². The second-order valence-electron chi connectivity index (χ2n) is 5.38. The molecule has 1 aromatic rings. The van der Waals surface area contributed by atoms with Gasteiger partial charge in [0.25, 0.3) is 10.0 Å². The molecule has 1 aromatic heterocycles. The SMILES string of the molecule is NCC1(CNS(=O)(=O)c2ncccc2F)CCCCC1. The summed E-state index contributed by atoms with van der Waals surface area (Å²) in [6, 6.07) is 2.44. The van der Waals surface area contributed by atoms with Crippen LogP contribution in [-0.4, -0.2) is 26.5 Å². The van der Waals surface area contributed by atoms with Crippen LogP contribution in [0.1, 0.15) is 32.1 Å². The Balaban J connectivity index is 2.11. The second-order valence-corrected chi connectivity index (χ2v) is 7.06. The van der Waals surface area contributed by atoms with Crippen molar-refractivity contribution in [2.24, 2.45) is 11.1 Å². The first-order valence-electron chi connectivity index (χ1n) is 6.79. The predicted molar refractivity (Wildman–Crippen MR) is 74.0 cm³/mol. The molecule has 1 aliphatic rings. The standard InChI is InChI=1S/C13H20FN3O2S/c14-11-5-4-8-16-12(11)20(18,19)17-10-13(9-15)6-2-1-3-7-13/h4-5,8,17H,1-3,6-7,9-10,15H2. The van der Waals surface area contributed by atoms with Crippen molar-refractivity contribution in [3.05, 3.63) is 24.1 Å². The maximum absolute atomic E-state index is 13.5. The zero-order chi connectivity index (χ0) is 14.6. The summed E-state index contributed by atoms with van der Waals surface area (Å²) in [7, 11) is -3.93. The summed E-state index contributed by atoms with van der Waals surface area (Å²) in [6.45, 7) is 0.669. The lowest BCUT2D eigenvalue weighted by Gasteiger charge is -2.36. The third-order valence-electron chi connectivity index (χ3n) is 3.96. The summed E-state index contributed by atoms with van der Waals surface area (Å²) in [5.41, 5.74) is 5.60. The van der Waals surface area contributed by atoms with Crippen molar-refractivity contribution >= 4 is 10.0 Å². The Hall–Kier alpha value is -1.05. The molecule has 1 aliphatic carbocycles. The molecule has 112 valence electrons. The zero-order valence-electron chi connectivity index (χ0n) is 11.3. The molecule has 0 saturated heterocycles. The maximum Gasteiger partial charge on any atom is 0.261 e. The summed E-state index contributed by atoms with van der Waals surface area (Å²) >= 11 is 0. The highest BCUT2D eigenvalue weighted by Gasteiger charge is 2.33. The summed E-state index contributed by atoms with van der Waals surface area (Å²) in [5, 5.41) is -0.553. The fourth-order valence-electron chi connectivity index (χ4n) is 2.64. The lowest BCUT2D eigenvalue weighted by Crippen LogP contribution is -2.44. The van der Waals surface area contributed by atoms with Crippen LogP contribution in [0.2, 0.25) is 0 Å². The number of nitrogens with two attached hydrogens (primary N) is 1. The minimum absolute atomic E-state index is 0.212. The molecule has 0 spiro atoms. The van der Waals surface area contributed by atoms with Crippen LogP contribution in [0.4, 0.5) is 4.39 Å². The van der Waals surface area contributed by atoms with Gasteiger partial charge in [0.1, 0.15) is 0 Å². The van der Waals surface area contributed by atoms with Gasteiger partial charge in [0.05, 0.1) is 0 Å². The van der Waals surface area contributed by atoms with Gasteiger partial charge in [0, 0.05) is 12.7 Å². The number of sulfonamides is 1. The molecule has 5 nitrogen and oxygen atoms in total. The molecule has 0 atom stereocenters. The van der Waals surface area contributed by atoms with Crippen molar-refractivity contribution in [2.45, 2.75) is 37.1 Å². The Morgan fingerprint density at radius 1 is 1.35 bits per heavy atom.